The Morgan fingerprint density at radius 2 is 2.06 bits per heavy atom. The largest absolute Gasteiger partial charge is 0.478 e. The molecule has 18 heavy (non-hydrogen) atoms. The molecule has 0 fully saturated rings. The highest BCUT2D eigenvalue weighted by Crippen LogP contribution is 2.16. The quantitative estimate of drug-likeness (QED) is 0.714. The number of hydrogen-bond acceptors (Lipinski definition) is 5. The van der Waals surface area contributed by atoms with Gasteiger partial charge in [-0.05, 0) is 33.2 Å². The molecule has 1 heterocycles. The highest BCUT2D eigenvalue weighted by atomic mass is 16.5. The molecule has 0 aliphatic heterocycles. The van der Waals surface area contributed by atoms with Crippen LogP contribution in [0.2, 0.25) is 0 Å². The molecular formula is C13H24N4O. The first kappa shape index (κ1) is 14.7. The molecule has 1 aromatic heterocycles. The summed E-state index contributed by atoms with van der Waals surface area (Å²) in [5, 5.41) is 0. The Morgan fingerprint density at radius 1 is 1.28 bits per heavy atom. The Balaban J connectivity index is 2.58. The van der Waals surface area contributed by atoms with E-state index in [1.807, 2.05) is 27.0 Å². The Morgan fingerprint density at radius 3 is 2.72 bits per heavy atom. The molecular weight excluding hydrogens is 228 g/mol. The maximum atomic E-state index is 5.48. The van der Waals surface area contributed by atoms with E-state index in [9.17, 15) is 0 Å². The summed E-state index contributed by atoms with van der Waals surface area (Å²) in [6.45, 7) is 6.20. The molecule has 0 unspecified atom stereocenters. The van der Waals surface area contributed by atoms with Gasteiger partial charge in [-0.2, -0.15) is 4.98 Å². The van der Waals surface area contributed by atoms with Crippen LogP contribution >= 0.6 is 0 Å². The van der Waals surface area contributed by atoms with Crippen molar-refractivity contribution in [1.29, 1.82) is 0 Å². The van der Waals surface area contributed by atoms with Gasteiger partial charge in [-0.1, -0.05) is 6.42 Å². The van der Waals surface area contributed by atoms with E-state index in [2.05, 4.69) is 14.9 Å². The maximum Gasteiger partial charge on any atom is 0.218 e. The number of aryl methyl sites for hydroxylation is 1. The number of ether oxygens (including phenoxy) is 1. The minimum atomic E-state index is 0.621. The predicted octanol–water partition coefficient (Wildman–Crippen LogP) is 1.75. The van der Waals surface area contributed by atoms with Gasteiger partial charge in [0, 0.05) is 19.7 Å². The fourth-order valence-electron chi connectivity index (χ4n) is 1.73. The summed E-state index contributed by atoms with van der Waals surface area (Å²) in [7, 11) is 2.04. The zero-order valence-corrected chi connectivity index (χ0v) is 11.6. The lowest BCUT2D eigenvalue weighted by molar-refractivity contribution is 0.325. The van der Waals surface area contributed by atoms with Crippen LogP contribution in [0, 0.1) is 6.92 Å². The Kier molecular flexibility index (Phi) is 6.43. The molecule has 0 radical (unpaired) electrons. The van der Waals surface area contributed by atoms with E-state index < -0.39 is 0 Å². The van der Waals surface area contributed by atoms with Gasteiger partial charge in [0.25, 0.3) is 0 Å². The number of nitrogens with zero attached hydrogens (tertiary/aromatic N) is 3. The van der Waals surface area contributed by atoms with Crippen LogP contribution in [0.5, 0.6) is 5.88 Å². The van der Waals surface area contributed by atoms with Crippen LogP contribution < -0.4 is 15.4 Å². The number of hydrogen-bond donors (Lipinski definition) is 1. The van der Waals surface area contributed by atoms with Gasteiger partial charge in [0.05, 0.1) is 6.61 Å². The van der Waals surface area contributed by atoms with E-state index in [1.165, 1.54) is 0 Å². The summed E-state index contributed by atoms with van der Waals surface area (Å²) >= 11 is 0. The van der Waals surface area contributed by atoms with Crippen LogP contribution in [0.1, 0.15) is 32.0 Å². The van der Waals surface area contributed by atoms with Crippen molar-refractivity contribution in [2.24, 2.45) is 5.73 Å². The van der Waals surface area contributed by atoms with Gasteiger partial charge >= 0.3 is 0 Å². The molecule has 0 aromatic carbocycles. The minimum Gasteiger partial charge on any atom is -0.478 e. The fourth-order valence-corrected chi connectivity index (χ4v) is 1.73. The van der Waals surface area contributed by atoms with Crippen molar-refractivity contribution in [3.05, 3.63) is 11.9 Å². The summed E-state index contributed by atoms with van der Waals surface area (Å²) in [6, 6.07) is 1.89. The predicted molar refractivity (Wildman–Crippen MR) is 74.1 cm³/mol. The molecule has 0 saturated carbocycles. The summed E-state index contributed by atoms with van der Waals surface area (Å²) < 4.78 is 5.43. The lowest BCUT2D eigenvalue weighted by Gasteiger charge is -2.19. The summed E-state index contributed by atoms with van der Waals surface area (Å²) in [4.78, 5) is 10.8. The second-order valence-corrected chi connectivity index (χ2v) is 4.32. The van der Waals surface area contributed by atoms with Crippen LogP contribution in [-0.2, 0) is 0 Å². The van der Waals surface area contributed by atoms with Gasteiger partial charge in [0.1, 0.15) is 11.6 Å². The van der Waals surface area contributed by atoms with Crippen molar-refractivity contribution in [2.45, 2.75) is 33.1 Å². The van der Waals surface area contributed by atoms with Crippen LogP contribution in [-0.4, -0.2) is 36.7 Å². The Hall–Kier alpha value is -1.36. The molecule has 1 rings (SSSR count). The third kappa shape index (κ3) is 4.87. The van der Waals surface area contributed by atoms with Crippen LogP contribution in [0.4, 0.5) is 5.82 Å². The fraction of sp³-hybridized carbons (Fsp3) is 0.692. The molecule has 0 aliphatic rings. The Labute approximate surface area is 109 Å². The van der Waals surface area contributed by atoms with E-state index in [0.717, 1.165) is 44.0 Å². The van der Waals surface area contributed by atoms with Crippen molar-refractivity contribution in [1.82, 2.24) is 9.97 Å². The van der Waals surface area contributed by atoms with Gasteiger partial charge in [-0.3, -0.25) is 0 Å². The number of unbranched alkanes of at least 4 members (excludes halogenated alkanes) is 2. The van der Waals surface area contributed by atoms with Gasteiger partial charge < -0.3 is 15.4 Å². The van der Waals surface area contributed by atoms with Crippen LogP contribution in [0.25, 0.3) is 0 Å². The monoisotopic (exact) mass is 252 g/mol. The molecule has 1 aromatic rings. The standard InChI is InChI=1S/C13H24N4O/c1-4-18-13-10-12(15-11(2)16-13)17(3)9-7-5-6-8-14/h10H,4-9,14H2,1-3H3. The van der Waals surface area contributed by atoms with Crippen molar-refractivity contribution >= 4 is 5.82 Å². The van der Waals surface area contributed by atoms with Crippen molar-refractivity contribution in [3.63, 3.8) is 0 Å². The van der Waals surface area contributed by atoms with Crippen molar-refractivity contribution < 1.29 is 4.74 Å². The molecule has 5 nitrogen and oxygen atoms in total. The summed E-state index contributed by atoms with van der Waals surface area (Å²) in [5.74, 6) is 2.30. The van der Waals surface area contributed by atoms with Gasteiger partial charge in [0.2, 0.25) is 5.88 Å². The third-order valence-electron chi connectivity index (χ3n) is 2.68. The number of anilines is 1. The molecule has 0 aliphatic carbocycles. The highest BCUT2D eigenvalue weighted by molar-refractivity contribution is 5.40. The van der Waals surface area contributed by atoms with E-state index in [4.69, 9.17) is 10.5 Å². The normalized spacial score (nSPS) is 10.4. The summed E-state index contributed by atoms with van der Waals surface area (Å²) in [5.41, 5.74) is 5.48. The smallest absolute Gasteiger partial charge is 0.218 e. The topological polar surface area (TPSA) is 64.3 Å². The molecule has 5 heteroatoms. The number of rotatable bonds is 8. The van der Waals surface area contributed by atoms with E-state index in [0.29, 0.717) is 12.5 Å². The second kappa shape index (κ2) is 7.87. The minimum absolute atomic E-state index is 0.621. The Bertz CT molecular complexity index is 357. The van der Waals surface area contributed by atoms with Gasteiger partial charge in [-0.25, -0.2) is 4.98 Å². The molecule has 0 saturated heterocycles. The number of nitrogens with two attached hydrogens (primary N) is 1. The van der Waals surface area contributed by atoms with Crippen LogP contribution in [0.15, 0.2) is 6.07 Å². The molecule has 0 spiro atoms. The first-order valence-corrected chi connectivity index (χ1v) is 6.57. The van der Waals surface area contributed by atoms with Crippen LogP contribution in [0.3, 0.4) is 0 Å². The van der Waals surface area contributed by atoms with E-state index in [1.54, 1.807) is 0 Å². The zero-order valence-electron chi connectivity index (χ0n) is 11.6. The molecule has 2 N–H and O–H groups in total. The third-order valence-corrected chi connectivity index (χ3v) is 2.68. The lowest BCUT2D eigenvalue weighted by atomic mass is 10.2. The first-order chi connectivity index (χ1) is 8.67. The molecule has 0 bridgehead atoms. The molecule has 0 amide bonds. The van der Waals surface area contributed by atoms with Crippen molar-refractivity contribution in [2.75, 3.05) is 31.6 Å². The average molecular weight is 252 g/mol. The second-order valence-electron chi connectivity index (χ2n) is 4.32. The molecule has 102 valence electrons. The summed E-state index contributed by atoms with van der Waals surface area (Å²) in [6.07, 6.45) is 3.37. The molecule has 0 atom stereocenters. The highest BCUT2D eigenvalue weighted by Gasteiger charge is 2.06. The average Bonchev–Trinajstić information content (AvgIpc) is 2.34. The van der Waals surface area contributed by atoms with E-state index in [-0.39, 0.29) is 0 Å². The van der Waals surface area contributed by atoms with Crippen molar-refractivity contribution in [3.8, 4) is 5.88 Å². The van der Waals surface area contributed by atoms with E-state index >= 15 is 0 Å². The lowest BCUT2D eigenvalue weighted by Crippen LogP contribution is -2.20. The maximum absolute atomic E-state index is 5.48. The SMILES string of the molecule is CCOc1cc(N(C)CCCCCN)nc(C)n1. The number of aromatic nitrogens is 2. The first-order valence-electron chi connectivity index (χ1n) is 6.57. The zero-order chi connectivity index (χ0) is 13.4. The van der Waals surface area contributed by atoms with Gasteiger partial charge in [0.15, 0.2) is 0 Å². The van der Waals surface area contributed by atoms with Gasteiger partial charge in [-0.15, -0.1) is 0 Å².